The van der Waals surface area contributed by atoms with Crippen molar-refractivity contribution in [1.82, 2.24) is 25.3 Å². The minimum absolute atomic E-state index is 0.0237. The molecule has 2 aliphatic heterocycles. The van der Waals surface area contributed by atoms with Crippen LogP contribution in [-0.4, -0.2) is 64.6 Å². The maximum absolute atomic E-state index is 11.8. The Hall–Kier alpha value is -2.12. The van der Waals surface area contributed by atoms with Gasteiger partial charge in [-0.3, -0.25) is 4.79 Å². The molecule has 8 nitrogen and oxygen atoms in total. The first-order valence-electron chi connectivity index (χ1n) is 8.70. The highest BCUT2D eigenvalue weighted by molar-refractivity contribution is 5.75. The monoisotopic (exact) mass is 335 g/mol. The molecule has 3 heterocycles. The summed E-state index contributed by atoms with van der Waals surface area (Å²) in [7, 11) is 0. The fourth-order valence-corrected chi connectivity index (χ4v) is 3.18. The average Bonchev–Trinajstić information content (AvgIpc) is 3.01. The minimum Gasteiger partial charge on any atom is -0.343 e. The lowest BCUT2D eigenvalue weighted by Gasteiger charge is -2.36. The number of likely N-dealkylation sites (tertiary alicyclic amines) is 2. The van der Waals surface area contributed by atoms with Gasteiger partial charge in [0.15, 0.2) is 5.82 Å². The molecule has 0 unspecified atom stereocenters. The van der Waals surface area contributed by atoms with Crippen molar-refractivity contribution in [3.05, 3.63) is 11.7 Å². The third-order valence-electron chi connectivity index (χ3n) is 4.81. The number of amides is 3. The molecule has 2 fully saturated rings. The van der Waals surface area contributed by atoms with Gasteiger partial charge in [-0.05, 0) is 19.3 Å². The summed E-state index contributed by atoms with van der Waals surface area (Å²) < 4.78 is 5.41. The predicted molar refractivity (Wildman–Crippen MR) is 86.5 cm³/mol. The van der Waals surface area contributed by atoms with Crippen LogP contribution in [0.25, 0.3) is 0 Å². The van der Waals surface area contributed by atoms with Crippen LogP contribution in [0.4, 0.5) is 4.79 Å². The van der Waals surface area contributed by atoms with Gasteiger partial charge in [-0.1, -0.05) is 12.1 Å². The molecule has 0 atom stereocenters. The van der Waals surface area contributed by atoms with Crippen molar-refractivity contribution in [3.8, 4) is 0 Å². The van der Waals surface area contributed by atoms with E-state index in [2.05, 4.69) is 15.5 Å². The zero-order chi connectivity index (χ0) is 17.1. The van der Waals surface area contributed by atoms with E-state index in [1.54, 1.807) is 11.8 Å². The molecule has 0 spiro atoms. The van der Waals surface area contributed by atoms with Gasteiger partial charge in [-0.25, -0.2) is 4.79 Å². The van der Waals surface area contributed by atoms with Crippen LogP contribution in [-0.2, 0) is 4.79 Å². The van der Waals surface area contributed by atoms with Gasteiger partial charge in [0, 0.05) is 45.6 Å². The maximum Gasteiger partial charge on any atom is 0.317 e. The van der Waals surface area contributed by atoms with Crippen molar-refractivity contribution in [2.24, 2.45) is 0 Å². The van der Waals surface area contributed by atoms with Gasteiger partial charge in [-0.15, -0.1) is 0 Å². The zero-order valence-electron chi connectivity index (χ0n) is 14.3. The molecule has 1 N–H and O–H groups in total. The second-order valence-electron chi connectivity index (χ2n) is 6.60. The third-order valence-corrected chi connectivity index (χ3v) is 4.81. The fraction of sp³-hybridized carbons (Fsp3) is 0.750. The van der Waals surface area contributed by atoms with E-state index in [9.17, 15) is 9.59 Å². The number of hydrogen-bond donors (Lipinski definition) is 1. The number of aromatic nitrogens is 2. The van der Waals surface area contributed by atoms with Gasteiger partial charge in [0.05, 0.1) is 5.92 Å². The molecule has 0 saturated carbocycles. The molecule has 0 radical (unpaired) electrons. The average molecular weight is 335 g/mol. The molecule has 2 aliphatic rings. The normalized spacial score (nSPS) is 19.2. The molecule has 1 aromatic rings. The Morgan fingerprint density at radius 1 is 1.21 bits per heavy atom. The summed E-state index contributed by atoms with van der Waals surface area (Å²) in [6.07, 6.45) is 2.67. The Labute approximate surface area is 141 Å². The SMILES string of the molecule is CCCNC(=O)N1CC(c2nc(C3CCN(C(C)=O)CC3)no2)C1. The maximum atomic E-state index is 11.8. The van der Waals surface area contributed by atoms with Crippen molar-refractivity contribution in [2.45, 2.75) is 44.9 Å². The van der Waals surface area contributed by atoms with E-state index >= 15 is 0 Å². The molecule has 0 aromatic carbocycles. The lowest BCUT2D eigenvalue weighted by molar-refractivity contribution is -0.129. The quantitative estimate of drug-likeness (QED) is 0.896. The van der Waals surface area contributed by atoms with Crippen LogP contribution in [0.15, 0.2) is 4.52 Å². The van der Waals surface area contributed by atoms with Gasteiger partial charge in [0.25, 0.3) is 0 Å². The van der Waals surface area contributed by atoms with E-state index in [0.29, 0.717) is 25.5 Å². The topological polar surface area (TPSA) is 91.6 Å². The van der Waals surface area contributed by atoms with E-state index < -0.39 is 0 Å². The molecular formula is C16H25N5O3. The second-order valence-corrected chi connectivity index (χ2v) is 6.60. The summed E-state index contributed by atoms with van der Waals surface area (Å²) in [4.78, 5) is 31.3. The van der Waals surface area contributed by atoms with Crippen LogP contribution in [0.3, 0.4) is 0 Å². The van der Waals surface area contributed by atoms with Crippen molar-refractivity contribution in [2.75, 3.05) is 32.7 Å². The van der Waals surface area contributed by atoms with E-state index in [1.165, 1.54) is 0 Å². The van der Waals surface area contributed by atoms with Gasteiger partial charge in [0.1, 0.15) is 0 Å². The first-order valence-corrected chi connectivity index (χ1v) is 8.70. The summed E-state index contributed by atoms with van der Waals surface area (Å²) in [5.41, 5.74) is 0. The van der Waals surface area contributed by atoms with Crippen LogP contribution in [0.5, 0.6) is 0 Å². The van der Waals surface area contributed by atoms with Crippen LogP contribution < -0.4 is 5.32 Å². The number of nitrogens with zero attached hydrogens (tertiary/aromatic N) is 4. The summed E-state index contributed by atoms with van der Waals surface area (Å²) in [5, 5.41) is 6.99. The molecule has 3 amide bonds. The standard InChI is InChI=1S/C16H25N5O3/c1-3-6-17-16(23)21-9-13(10-21)15-18-14(19-24-15)12-4-7-20(8-5-12)11(2)22/h12-13H,3-10H2,1-2H3,(H,17,23). The van der Waals surface area contributed by atoms with Gasteiger partial charge < -0.3 is 19.6 Å². The minimum atomic E-state index is -0.0237. The first-order chi connectivity index (χ1) is 11.6. The highest BCUT2D eigenvalue weighted by Crippen LogP contribution is 2.30. The molecule has 0 aliphatic carbocycles. The second kappa shape index (κ2) is 7.19. The number of urea groups is 1. The number of carbonyl (C=O) groups excluding carboxylic acids is 2. The molecule has 3 rings (SSSR count). The summed E-state index contributed by atoms with van der Waals surface area (Å²) >= 11 is 0. The van der Waals surface area contributed by atoms with E-state index in [4.69, 9.17) is 4.52 Å². The number of piperidine rings is 1. The van der Waals surface area contributed by atoms with Crippen molar-refractivity contribution >= 4 is 11.9 Å². The third kappa shape index (κ3) is 3.52. The van der Waals surface area contributed by atoms with Gasteiger partial charge in [0.2, 0.25) is 11.8 Å². The fourth-order valence-electron chi connectivity index (χ4n) is 3.18. The number of hydrogen-bond acceptors (Lipinski definition) is 5. The molecule has 1 aromatic heterocycles. The van der Waals surface area contributed by atoms with E-state index in [1.807, 2.05) is 11.8 Å². The predicted octanol–water partition coefficient (Wildman–Crippen LogP) is 1.31. The molecule has 0 bridgehead atoms. The molecule has 132 valence electrons. The highest BCUT2D eigenvalue weighted by atomic mass is 16.5. The Kier molecular flexibility index (Phi) is 5.01. The smallest absolute Gasteiger partial charge is 0.317 e. The molecule has 24 heavy (non-hydrogen) atoms. The van der Waals surface area contributed by atoms with Crippen molar-refractivity contribution < 1.29 is 14.1 Å². The highest BCUT2D eigenvalue weighted by Gasteiger charge is 2.36. The Morgan fingerprint density at radius 2 is 1.92 bits per heavy atom. The Bertz CT molecular complexity index is 588. The van der Waals surface area contributed by atoms with Crippen molar-refractivity contribution in [3.63, 3.8) is 0 Å². The van der Waals surface area contributed by atoms with Crippen molar-refractivity contribution in [1.29, 1.82) is 0 Å². The molecular weight excluding hydrogens is 310 g/mol. The number of rotatable bonds is 4. The largest absolute Gasteiger partial charge is 0.343 e. The summed E-state index contributed by atoms with van der Waals surface area (Å²) in [6.45, 7) is 7.08. The summed E-state index contributed by atoms with van der Waals surface area (Å²) in [6, 6.07) is -0.0237. The number of carbonyl (C=O) groups is 2. The Balaban J connectivity index is 1.49. The lowest BCUT2D eigenvalue weighted by atomic mass is 9.96. The molecule has 2 saturated heterocycles. The van der Waals surface area contributed by atoms with Crippen LogP contribution >= 0.6 is 0 Å². The zero-order valence-corrected chi connectivity index (χ0v) is 14.3. The summed E-state index contributed by atoms with van der Waals surface area (Å²) in [5.74, 6) is 1.87. The van der Waals surface area contributed by atoms with Crippen LogP contribution in [0.2, 0.25) is 0 Å². The van der Waals surface area contributed by atoms with E-state index in [-0.39, 0.29) is 23.8 Å². The van der Waals surface area contributed by atoms with Gasteiger partial charge >= 0.3 is 6.03 Å². The lowest BCUT2D eigenvalue weighted by Crippen LogP contribution is -2.52. The van der Waals surface area contributed by atoms with Crippen LogP contribution in [0, 0.1) is 0 Å². The number of nitrogens with one attached hydrogen (secondary N) is 1. The van der Waals surface area contributed by atoms with Gasteiger partial charge in [-0.2, -0.15) is 4.98 Å². The Morgan fingerprint density at radius 3 is 2.54 bits per heavy atom. The first kappa shape index (κ1) is 16.7. The van der Waals surface area contributed by atoms with Crippen LogP contribution in [0.1, 0.15) is 56.7 Å². The molecule has 8 heteroatoms. The van der Waals surface area contributed by atoms with E-state index in [0.717, 1.165) is 38.2 Å².